The van der Waals surface area contributed by atoms with Crippen LogP contribution in [0.3, 0.4) is 0 Å². The number of aromatic nitrogens is 1. The number of hydrogen-bond donors (Lipinski definition) is 1. The lowest BCUT2D eigenvalue weighted by atomic mass is 9.76. The first-order valence-electron chi connectivity index (χ1n) is 7.09. The first-order valence-corrected chi connectivity index (χ1v) is 8.29. The average molecular weight is 309 g/mol. The highest BCUT2D eigenvalue weighted by Crippen LogP contribution is 2.41. The lowest BCUT2D eigenvalue weighted by molar-refractivity contribution is 0.161. The van der Waals surface area contributed by atoms with Gasteiger partial charge in [-0.1, -0.05) is 11.6 Å². The van der Waals surface area contributed by atoms with Crippen molar-refractivity contribution >= 4 is 33.2 Å². The van der Waals surface area contributed by atoms with Crippen LogP contribution in [0.2, 0.25) is 5.02 Å². The molecule has 1 saturated heterocycles. The summed E-state index contributed by atoms with van der Waals surface area (Å²) >= 11 is 7.88. The Labute approximate surface area is 129 Å². The molecule has 0 amide bonds. The third-order valence-electron chi connectivity index (χ3n) is 3.91. The van der Waals surface area contributed by atoms with Crippen LogP contribution >= 0.6 is 22.9 Å². The van der Waals surface area contributed by atoms with E-state index in [-0.39, 0.29) is 11.1 Å². The van der Waals surface area contributed by atoms with E-state index in [2.05, 4.69) is 39.1 Å². The smallest absolute Gasteiger partial charge is 0.0970 e. The minimum atomic E-state index is 0.155. The number of halogens is 1. The molecular formula is C16H21ClN2S. The van der Waals surface area contributed by atoms with Gasteiger partial charge in [0.05, 0.1) is 15.2 Å². The van der Waals surface area contributed by atoms with E-state index in [0.717, 1.165) is 23.4 Å². The standard InChI is InChI=1S/C16H21ClN2S/c1-15(2)8-10(9-16(3,4)19-15)14-18-12-7-11(17)5-6-13(12)20-14/h5-7,10,19H,8-9H2,1-4H3. The summed E-state index contributed by atoms with van der Waals surface area (Å²) in [4.78, 5) is 4.83. The fraction of sp³-hybridized carbons (Fsp3) is 0.562. The van der Waals surface area contributed by atoms with E-state index in [1.54, 1.807) is 0 Å². The molecule has 0 saturated carbocycles. The topological polar surface area (TPSA) is 24.9 Å². The van der Waals surface area contributed by atoms with E-state index < -0.39 is 0 Å². The maximum absolute atomic E-state index is 6.06. The fourth-order valence-corrected chi connectivity index (χ4v) is 4.80. The van der Waals surface area contributed by atoms with Gasteiger partial charge in [-0.2, -0.15) is 0 Å². The molecule has 1 aliphatic rings. The third-order valence-corrected chi connectivity index (χ3v) is 5.34. The lowest BCUT2D eigenvalue weighted by Crippen LogP contribution is -2.57. The Morgan fingerprint density at radius 2 is 1.85 bits per heavy atom. The highest BCUT2D eigenvalue weighted by molar-refractivity contribution is 7.18. The van der Waals surface area contributed by atoms with Crippen molar-refractivity contribution in [3.05, 3.63) is 28.2 Å². The number of nitrogens with one attached hydrogen (secondary N) is 1. The van der Waals surface area contributed by atoms with E-state index in [1.807, 2.05) is 23.5 Å². The minimum absolute atomic E-state index is 0.155. The molecule has 4 heteroatoms. The first-order chi connectivity index (χ1) is 9.24. The summed E-state index contributed by atoms with van der Waals surface area (Å²) < 4.78 is 1.23. The van der Waals surface area contributed by atoms with E-state index >= 15 is 0 Å². The van der Waals surface area contributed by atoms with E-state index in [0.29, 0.717) is 5.92 Å². The molecule has 0 radical (unpaired) electrons. The number of fused-ring (bicyclic) bond motifs is 1. The van der Waals surface area contributed by atoms with Gasteiger partial charge in [-0.05, 0) is 58.7 Å². The Morgan fingerprint density at radius 1 is 1.20 bits per heavy atom. The van der Waals surface area contributed by atoms with Crippen LogP contribution in [-0.4, -0.2) is 16.1 Å². The molecule has 3 rings (SSSR count). The second-order valence-corrected chi connectivity index (χ2v) is 8.66. The molecule has 20 heavy (non-hydrogen) atoms. The lowest BCUT2D eigenvalue weighted by Gasteiger charge is -2.46. The van der Waals surface area contributed by atoms with Crippen molar-refractivity contribution in [2.24, 2.45) is 0 Å². The van der Waals surface area contributed by atoms with E-state index in [9.17, 15) is 0 Å². The van der Waals surface area contributed by atoms with Gasteiger partial charge in [0.15, 0.2) is 0 Å². The molecule has 2 heterocycles. The SMILES string of the molecule is CC1(C)CC(c2nc3cc(Cl)ccc3s2)CC(C)(C)N1. The van der Waals surface area contributed by atoms with Crippen LogP contribution < -0.4 is 5.32 Å². The van der Waals surface area contributed by atoms with Crippen LogP contribution in [-0.2, 0) is 0 Å². The molecule has 0 atom stereocenters. The molecule has 1 aliphatic heterocycles. The van der Waals surface area contributed by atoms with Crippen LogP contribution in [0, 0.1) is 0 Å². The summed E-state index contributed by atoms with van der Waals surface area (Å²) in [5.41, 5.74) is 1.34. The molecule has 1 aromatic carbocycles. The van der Waals surface area contributed by atoms with E-state index in [4.69, 9.17) is 16.6 Å². The van der Waals surface area contributed by atoms with Crippen LogP contribution in [0.15, 0.2) is 18.2 Å². The Bertz CT molecular complexity index is 629. The summed E-state index contributed by atoms with van der Waals surface area (Å²) in [5, 5.41) is 5.75. The summed E-state index contributed by atoms with van der Waals surface area (Å²) in [6.45, 7) is 9.13. The predicted octanol–water partition coefficient (Wildman–Crippen LogP) is 4.97. The van der Waals surface area contributed by atoms with E-state index in [1.165, 1.54) is 9.71 Å². The van der Waals surface area contributed by atoms with Crippen LogP contribution in [0.5, 0.6) is 0 Å². The van der Waals surface area contributed by atoms with Crippen molar-refractivity contribution in [3.63, 3.8) is 0 Å². The molecule has 108 valence electrons. The largest absolute Gasteiger partial charge is 0.307 e. The highest BCUT2D eigenvalue weighted by Gasteiger charge is 2.39. The van der Waals surface area contributed by atoms with Crippen molar-refractivity contribution in [2.75, 3.05) is 0 Å². The fourth-order valence-electron chi connectivity index (χ4n) is 3.59. The zero-order valence-electron chi connectivity index (χ0n) is 12.5. The Balaban J connectivity index is 1.97. The van der Waals surface area contributed by atoms with Crippen molar-refractivity contribution in [2.45, 2.75) is 57.5 Å². The summed E-state index contributed by atoms with van der Waals surface area (Å²) in [6, 6.07) is 5.99. The molecule has 0 spiro atoms. The van der Waals surface area contributed by atoms with Crippen molar-refractivity contribution < 1.29 is 0 Å². The average Bonchev–Trinajstić information content (AvgIpc) is 2.67. The molecule has 1 fully saturated rings. The third kappa shape index (κ3) is 2.85. The summed E-state index contributed by atoms with van der Waals surface area (Å²) in [5.74, 6) is 0.525. The summed E-state index contributed by atoms with van der Waals surface area (Å²) in [6.07, 6.45) is 2.26. The van der Waals surface area contributed by atoms with Gasteiger partial charge in [0.2, 0.25) is 0 Å². The molecular weight excluding hydrogens is 288 g/mol. The molecule has 1 aromatic heterocycles. The second-order valence-electron chi connectivity index (χ2n) is 7.16. The molecule has 0 aliphatic carbocycles. The van der Waals surface area contributed by atoms with Crippen molar-refractivity contribution in [3.8, 4) is 0 Å². The van der Waals surface area contributed by atoms with Gasteiger partial charge < -0.3 is 5.32 Å². The van der Waals surface area contributed by atoms with Gasteiger partial charge in [-0.3, -0.25) is 0 Å². The van der Waals surface area contributed by atoms with Crippen molar-refractivity contribution in [1.29, 1.82) is 0 Å². The van der Waals surface area contributed by atoms with Gasteiger partial charge in [-0.15, -0.1) is 11.3 Å². The van der Waals surface area contributed by atoms with Crippen LogP contribution in [0.4, 0.5) is 0 Å². The Kier molecular flexibility index (Phi) is 3.35. The van der Waals surface area contributed by atoms with Crippen LogP contribution in [0.1, 0.15) is 51.5 Å². The Hall–Kier alpha value is -0.640. The molecule has 1 N–H and O–H groups in total. The number of hydrogen-bond acceptors (Lipinski definition) is 3. The van der Waals surface area contributed by atoms with Gasteiger partial charge in [0.25, 0.3) is 0 Å². The monoisotopic (exact) mass is 308 g/mol. The molecule has 0 unspecified atom stereocenters. The predicted molar refractivity (Wildman–Crippen MR) is 87.9 cm³/mol. The van der Waals surface area contributed by atoms with Crippen molar-refractivity contribution in [1.82, 2.24) is 10.3 Å². The normalized spacial score (nSPS) is 22.2. The quantitative estimate of drug-likeness (QED) is 0.804. The number of rotatable bonds is 1. The maximum atomic E-state index is 6.06. The maximum Gasteiger partial charge on any atom is 0.0970 e. The highest BCUT2D eigenvalue weighted by atomic mass is 35.5. The Morgan fingerprint density at radius 3 is 2.50 bits per heavy atom. The van der Waals surface area contributed by atoms with Gasteiger partial charge >= 0.3 is 0 Å². The number of thiazole rings is 1. The summed E-state index contributed by atoms with van der Waals surface area (Å²) in [7, 11) is 0. The minimum Gasteiger partial charge on any atom is -0.307 e. The van der Waals surface area contributed by atoms with Gasteiger partial charge in [-0.25, -0.2) is 4.98 Å². The zero-order valence-corrected chi connectivity index (χ0v) is 14.0. The number of benzene rings is 1. The number of piperidine rings is 1. The molecule has 0 bridgehead atoms. The second kappa shape index (κ2) is 4.69. The first kappa shape index (κ1) is 14.3. The molecule has 2 aromatic rings. The zero-order chi connectivity index (χ0) is 14.5. The molecule has 2 nitrogen and oxygen atoms in total. The number of nitrogens with zero attached hydrogens (tertiary/aromatic N) is 1. The van der Waals surface area contributed by atoms with Crippen LogP contribution in [0.25, 0.3) is 10.2 Å². The van der Waals surface area contributed by atoms with Gasteiger partial charge in [0, 0.05) is 22.0 Å². The van der Waals surface area contributed by atoms with Gasteiger partial charge in [0.1, 0.15) is 0 Å².